The van der Waals surface area contributed by atoms with Crippen LogP contribution < -0.4 is 0 Å². The Bertz CT molecular complexity index is 1970. The molecule has 0 aliphatic carbocycles. The van der Waals surface area contributed by atoms with Crippen LogP contribution in [0, 0.1) is 140 Å². The van der Waals surface area contributed by atoms with Gasteiger partial charge in [0.15, 0.2) is 140 Å². The normalized spacial score (nSPS) is 11.3. The summed E-state index contributed by atoms with van der Waals surface area (Å²) in [6, 6.07) is 0. The molecule has 0 aliphatic heterocycles. The topological polar surface area (TPSA) is 0 Å². The highest BCUT2D eigenvalue weighted by molar-refractivity contribution is 5.87. The van der Waals surface area contributed by atoms with Crippen LogP contribution in [-0.2, 0) is 0 Å². The Morgan fingerprint density at radius 3 is 0.204 bits per heavy atom. The summed E-state index contributed by atoms with van der Waals surface area (Å²) in [5.41, 5.74) is 0. The van der Waals surface area contributed by atoms with Crippen LogP contribution in [0.25, 0.3) is 32.3 Å². The molecular formula is C30F24. The van der Waals surface area contributed by atoms with Crippen molar-refractivity contribution in [2.45, 2.75) is 0 Å². The van der Waals surface area contributed by atoms with Crippen LogP contribution in [0.5, 0.6) is 0 Å². The SMILES string of the molecule is Fc1c(F)c(F)c2c(F)c(F)c(F)c(F)c2c1F.Fc1c(F)c(F)c2c(F)c(F)c(F)c(F)c2c1F.Fc1c(F)c(F)c2c(F)c(F)c(F)c(F)c2c1F. The van der Waals surface area contributed by atoms with Gasteiger partial charge in [0, 0.05) is 0 Å². The summed E-state index contributed by atoms with van der Waals surface area (Å²) in [4.78, 5) is 0. The van der Waals surface area contributed by atoms with Crippen molar-refractivity contribution in [3.8, 4) is 0 Å². The zero-order chi connectivity index (χ0) is 41.3. The maximum absolute atomic E-state index is 13.1. The fraction of sp³-hybridized carbons (Fsp3) is 0. The van der Waals surface area contributed by atoms with Crippen LogP contribution >= 0.6 is 0 Å². The molecule has 54 heavy (non-hydrogen) atoms. The van der Waals surface area contributed by atoms with Gasteiger partial charge in [-0.1, -0.05) is 0 Å². The zero-order valence-electron chi connectivity index (χ0n) is 24.1. The molecule has 0 N–H and O–H groups in total. The second-order valence-electron chi connectivity index (χ2n) is 9.79. The van der Waals surface area contributed by atoms with Gasteiger partial charge in [-0.2, -0.15) is 0 Å². The van der Waals surface area contributed by atoms with E-state index in [9.17, 15) is 105 Å². The van der Waals surface area contributed by atoms with Crippen molar-refractivity contribution in [3.05, 3.63) is 140 Å². The molecule has 0 heterocycles. The second-order valence-corrected chi connectivity index (χ2v) is 9.79. The van der Waals surface area contributed by atoms with Gasteiger partial charge in [0.25, 0.3) is 0 Å². The van der Waals surface area contributed by atoms with E-state index >= 15 is 0 Å². The van der Waals surface area contributed by atoms with Gasteiger partial charge in [-0.05, 0) is 0 Å². The van der Waals surface area contributed by atoms with Crippen molar-refractivity contribution in [2.24, 2.45) is 0 Å². The molecule has 6 rings (SSSR count). The standard InChI is InChI=1S/3C10F8/c3*11-3-1-2(5(13)9(17)7(3)15)6(14)10(18)8(16)4(1)12. The summed E-state index contributed by atoms with van der Waals surface area (Å²) in [6.07, 6.45) is 0. The van der Waals surface area contributed by atoms with Crippen molar-refractivity contribution >= 4 is 32.3 Å². The Balaban J connectivity index is 0.000000180. The summed E-state index contributed by atoms with van der Waals surface area (Å²) in [5, 5.41) is -11.0. The van der Waals surface area contributed by atoms with E-state index in [2.05, 4.69) is 0 Å². The Kier molecular flexibility index (Phi) is 10.9. The quantitative estimate of drug-likeness (QED) is 0.0814. The minimum absolute atomic E-state index is 1.83. The first-order chi connectivity index (χ1) is 24.9. The van der Waals surface area contributed by atoms with E-state index in [-0.39, 0.29) is 0 Å². The molecule has 0 spiro atoms. The molecule has 0 radical (unpaired) electrons. The average molecular weight is 816 g/mol. The molecule has 0 fully saturated rings. The van der Waals surface area contributed by atoms with Crippen molar-refractivity contribution in [3.63, 3.8) is 0 Å². The molecule has 0 bridgehead atoms. The summed E-state index contributed by atoms with van der Waals surface area (Å²) < 4.78 is 311. The van der Waals surface area contributed by atoms with Gasteiger partial charge in [-0.15, -0.1) is 0 Å². The third kappa shape index (κ3) is 5.99. The molecule has 6 aromatic carbocycles. The van der Waals surface area contributed by atoms with Gasteiger partial charge in [-0.25, -0.2) is 105 Å². The predicted molar refractivity (Wildman–Crippen MR) is 131 cm³/mol. The predicted octanol–water partition coefficient (Wildman–Crippen LogP) is 11.9. The summed E-state index contributed by atoms with van der Waals surface area (Å²) in [7, 11) is 0. The lowest BCUT2D eigenvalue weighted by Gasteiger charge is -2.08. The third-order valence-electron chi connectivity index (χ3n) is 6.85. The molecule has 0 aromatic heterocycles. The number of benzene rings is 6. The molecule has 0 aliphatic rings. The van der Waals surface area contributed by atoms with Gasteiger partial charge in [0.05, 0.1) is 32.3 Å². The molecule has 0 saturated carbocycles. The highest BCUT2D eigenvalue weighted by atomic mass is 19.2. The number of hydrogen-bond acceptors (Lipinski definition) is 0. The first-order valence-corrected chi connectivity index (χ1v) is 12.8. The molecule has 0 amide bonds. The van der Waals surface area contributed by atoms with Gasteiger partial charge in [0.2, 0.25) is 0 Å². The number of rotatable bonds is 0. The highest BCUT2D eigenvalue weighted by Crippen LogP contribution is 2.36. The first kappa shape index (κ1) is 41.2. The summed E-state index contributed by atoms with van der Waals surface area (Å²) in [6.45, 7) is 0. The molecular weight excluding hydrogens is 816 g/mol. The van der Waals surface area contributed by atoms with Crippen molar-refractivity contribution in [2.75, 3.05) is 0 Å². The van der Waals surface area contributed by atoms with Gasteiger partial charge in [-0.3, -0.25) is 0 Å². The van der Waals surface area contributed by atoms with Gasteiger partial charge >= 0.3 is 0 Å². The maximum atomic E-state index is 13.1. The highest BCUT2D eigenvalue weighted by Gasteiger charge is 2.33. The fourth-order valence-corrected chi connectivity index (χ4v) is 4.37. The van der Waals surface area contributed by atoms with Crippen LogP contribution in [0.1, 0.15) is 0 Å². The third-order valence-corrected chi connectivity index (χ3v) is 6.85. The lowest BCUT2D eigenvalue weighted by molar-refractivity contribution is 0.395. The fourth-order valence-electron chi connectivity index (χ4n) is 4.37. The Hall–Kier alpha value is -5.58. The molecule has 0 saturated heterocycles. The largest absolute Gasteiger partial charge is 0.203 e. The summed E-state index contributed by atoms with van der Waals surface area (Å²) >= 11 is 0. The number of fused-ring (bicyclic) bond motifs is 3. The average Bonchev–Trinajstić information content (AvgIpc) is 3.14. The number of halogens is 24. The number of hydrogen-bond donors (Lipinski definition) is 0. The van der Waals surface area contributed by atoms with Crippen molar-refractivity contribution in [1.82, 2.24) is 0 Å². The van der Waals surface area contributed by atoms with E-state index in [1.165, 1.54) is 0 Å². The minimum Gasteiger partial charge on any atom is -0.203 e. The molecule has 24 heteroatoms. The minimum atomic E-state index is -2.45. The Labute approximate surface area is 278 Å². The molecule has 0 atom stereocenters. The Morgan fingerprint density at radius 2 is 0.148 bits per heavy atom. The van der Waals surface area contributed by atoms with Crippen LogP contribution in [0.2, 0.25) is 0 Å². The van der Waals surface area contributed by atoms with E-state index in [4.69, 9.17) is 0 Å². The monoisotopic (exact) mass is 816 g/mol. The molecule has 288 valence electrons. The lowest BCUT2D eigenvalue weighted by atomic mass is 10.1. The maximum Gasteiger partial charge on any atom is 0.198 e. The van der Waals surface area contributed by atoms with E-state index in [0.717, 1.165) is 0 Å². The van der Waals surface area contributed by atoms with Crippen LogP contribution in [0.15, 0.2) is 0 Å². The Morgan fingerprint density at radius 1 is 0.0926 bits per heavy atom. The zero-order valence-corrected chi connectivity index (χ0v) is 24.1. The second kappa shape index (κ2) is 14.3. The van der Waals surface area contributed by atoms with Crippen LogP contribution in [0.4, 0.5) is 105 Å². The van der Waals surface area contributed by atoms with E-state index in [1.54, 1.807) is 0 Å². The van der Waals surface area contributed by atoms with E-state index in [0.29, 0.717) is 0 Å². The smallest absolute Gasteiger partial charge is 0.198 e. The van der Waals surface area contributed by atoms with E-state index < -0.39 is 172 Å². The van der Waals surface area contributed by atoms with Gasteiger partial charge in [0.1, 0.15) is 0 Å². The van der Waals surface area contributed by atoms with Crippen molar-refractivity contribution < 1.29 is 105 Å². The van der Waals surface area contributed by atoms with E-state index in [1.807, 2.05) is 0 Å². The lowest BCUT2D eigenvalue weighted by Crippen LogP contribution is -2.06. The van der Waals surface area contributed by atoms with Crippen molar-refractivity contribution in [1.29, 1.82) is 0 Å². The molecule has 0 unspecified atom stereocenters. The summed E-state index contributed by atoms with van der Waals surface area (Å²) in [5.74, 6) is -57.6. The van der Waals surface area contributed by atoms with Crippen LogP contribution in [0.3, 0.4) is 0 Å². The molecule has 0 nitrogen and oxygen atoms in total. The van der Waals surface area contributed by atoms with Crippen LogP contribution in [-0.4, -0.2) is 0 Å². The molecule has 6 aromatic rings. The van der Waals surface area contributed by atoms with Gasteiger partial charge < -0.3 is 0 Å². The first-order valence-electron chi connectivity index (χ1n) is 12.8.